The number of thiophene rings is 1. The van der Waals surface area contributed by atoms with Gasteiger partial charge in [0.15, 0.2) is 18.1 Å². The number of carbonyl (C=O) groups excluding carboxylic acids is 2. The third kappa shape index (κ3) is 4.38. The van der Waals surface area contributed by atoms with Crippen LogP contribution in [0.2, 0.25) is 0 Å². The number of benzene rings is 1. The van der Waals surface area contributed by atoms with E-state index in [1.54, 1.807) is 42.5 Å². The van der Waals surface area contributed by atoms with Crippen LogP contribution in [0, 0.1) is 6.92 Å². The topological polar surface area (TPSA) is 86.8 Å². The van der Waals surface area contributed by atoms with Gasteiger partial charge in [0.2, 0.25) is 6.79 Å². The van der Waals surface area contributed by atoms with Crippen LogP contribution < -0.4 is 14.8 Å². The average Bonchev–Trinajstić information content (AvgIpc) is 3.41. The molecule has 4 rings (SSSR count). The van der Waals surface area contributed by atoms with Crippen LogP contribution in [0.4, 0.5) is 0 Å². The molecule has 3 aromatic rings. The van der Waals surface area contributed by atoms with Gasteiger partial charge in [0, 0.05) is 6.54 Å². The van der Waals surface area contributed by atoms with Gasteiger partial charge < -0.3 is 19.5 Å². The molecule has 148 valence electrons. The highest BCUT2D eigenvalue weighted by atomic mass is 32.1. The van der Waals surface area contributed by atoms with E-state index < -0.39 is 11.9 Å². The Kier molecular flexibility index (Phi) is 5.44. The first kappa shape index (κ1) is 18.9. The molecule has 29 heavy (non-hydrogen) atoms. The summed E-state index contributed by atoms with van der Waals surface area (Å²) in [5, 5.41) is 4.68. The highest BCUT2D eigenvalue weighted by molar-refractivity contribution is 7.13. The summed E-state index contributed by atoms with van der Waals surface area (Å²) in [6, 6.07) is 12.8. The molecule has 0 radical (unpaired) electrons. The van der Waals surface area contributed by atoms with E-state index in [4.69, 9.17) is 14.2 Å². The molecular formula is C21H18N2O5S. The van der Waals surface area contributed by atoms with Crippen LogP contribution in [-0.2, 0) is 16.1 Å². The van der Waals surface area contributed by atoms with E-state index in [0.717, 1.165) is 16.1 Å². The summed E-state index contributed by atoms with van der Waals surface area (Å²) in [5.74, 6) is 0.364. The highest BCUT2D eigenvalue weighted by Gasteiger charge is 2.16. The Morgan fingerprint density at radius 1 is 1.17 bits per heavy atom. The van der Waals surface area contributed by atoms with Crippen LogP contribution in [0.3, 0.4) is 0 Å². The summed E-state index contributed by atoms with van der Waals surface area (Å²) in [6.45, 7) is 1.87. The van der Waals surface area contributed by atoms with Gasteiger partial charge in [0.1, 0.15) is 0 Å². The molecule has 0 aliphatic carbocycles. The van der Waals surface area contributed by atoms with E-state index in [1.165, 1.54) is 0 Å². The first-order chi connectivity index (χ1) is 14.1. The molecule has 0 bridgehead atoms. The van der Waals surface area contributed by atoms with Crippen LogP contribution >= 0.6 is 11.3 Å². The van der Waals surface area contributed by atoms with Crippen molar-refractivity contribution in [1.29, 1.82) is 0 Å². The Balaban J connectivity index is 1.29. The van der Waals surface area contributed by atoms with E-state index in [9.17, 15) is 9.59 Å². The van der Waals surface area contributed by atoms with E-state index in [-0.39, 0.29) is 13.4 Å². The number of pyridine rings is 1. The van der Waals surface area contributed by atoms with E-state index in [0.29, 0.717) is 29.3 Å². The van der Waals surface area contributed by atoms with E-state index in [2.05, 4.69) is 10.3 Å². The third-order valence-electron chi connectivity index (χ3n) is 4.34. The summed E-state index contributed by atoms with van der Waals surface area (Å²) in [7, 11) is 0. The van der Waals surface area contributed by atoms with Crippen LogP contribution in [0.25, 0.3) is 10.6 Å². The SMILES string of the molecule is Cc1nc(-c2cccs2)ccc1C(=O)OCC(=O)NCc1ccc2c(c1)OCO2. The quantitative estimate of drug-likeness (QED) is 0.628. The minimum absolute atomic E-state index is 0.198. The Labute approximate surface area is 171 Å². The standard InChI is InChI=1S/C21H18N2O5S/c1-13-15(5-6-16(23-13)19-3-2-8-29-19)21(25)26-11-20(24)22-10-14-4-7-17-18(9-14)28-12-27-17/h2-9H,10-12H2,1H3,(H,22,24). The van der Waals surface area contributed by atoms with Gasteiger partial charge in [-0.15, -0.1) is 11.3 Å². The molecular weight excluding hydrogens is 392 g/mol. The largest absolute Gasteiger partial charge is 0.454 e. The van der Waals surface area contributed by atoms with Crippen molar-refractivity contribution in [3.63, 3.8) is 0 Å². The second kappa shape index (κ2) is 8.32. The number of amides is 1. The molecule has 0 unspecified atom stereocenters. The van der Waals surface area contributed by atoms with Crippen molar-refractivity contribution < 1.29 is 23.8 Å². The zero-order valence-corrected chi connectivity index (χ0v) is 16.5. The highest BCUT2D eigenvalue weighted by Crippen LogP contribution is 2.32. The molecule has 3 heterocycles. The number of rotatable bonds is 6. The molecule has 1 aliphatic rings. The molecule has 1 amide bonds. The van der Waals surface area contributed by atoms with Gasteiger partial charge in [-0.3, -0.25) is 9.78 Å². The van der Waals surface area contributed by atoms with Crippen LogP contribution in [-0.4, -0.2) is 30.3 Å². The minimum atomic E-state index is -0.578. The maximum atomic E-state index is 12.3. The average molecular weight is 410 g/mol. The van der Waals surface area contributed by atoms with Gasteiger partial charge in [-0.25, -0.2) is 4.79 Å². The maximum absolute atomic E-state index is 12.3. The molecule has 8 heteroatoms. The van der Waals surface area contributed by atoms with Gasteiger partial charge in [-0.1, -0.05) is 12.1 Å². The number of hydrogen-bond donors (Lipinski definition) is 1. The fourth-order valence-electron chi connectivity index (χ4n) is 2.85. The smallest absolute Gasteiger partial charge is 0.340 e. The fraction of sp³-hybridized carbons (Fsp3) is 0.190. The number of hydrogen-bond acceptors (Lipinski definition) is 7. The minimum Gasteiger partial charge on any atom is -0.454 e. The first-order valence-electron chi connectivity index (χ1n) is 8.94. The van der Waals surface area contributed by atoms with Crippen molar-refractivity contribution in [2.75, 3.05) is 13.4 Å². The first-order valence-corrected chi connectivity index (χ1v) is 9.82. The summed E-state index contributed by atoms with van der Waals surface area (Å²) in [6.07, 6.45) is 0. The number of aromatic nitrogens is 1. The van der Waals surface area contributed by atoms with Crippen molar-refractivity contribution >= 4 is 23.2 Å². The van der Waals surface area contributed by atoms with Crippen molar-refractivity contribution in [1.82, 2.24) is 10.3 Å². The van der Waals surface area contributed by atoms with Gasteiger partial charge in [0.05, 0.1) is 21.8 Å². The fourth-order valence-corrected chi connectivity index (χ4v) is 3.55. The predicted octanol–water partition coefficient (Wildman–Crippen LogP) is 3.32. The molecule has 1 aliphatic heterocycles. The third-order valence-corrected chi connectivity index (χ3v) is 5.23. The molecule has 1 aromatic carbocycles. The lowest BCUT2D eigenvalue weighted by atomic mass is 10.1. The van der Waals surface area contributed by atoms with Crippen LogP contribution in [0.15, 0.2) is 47.8 Å². The van der Waals surface area contributed by atoms with Crippen LogP contribution in [0.5, 0.6) is 11.5 Å². The van der Waals surface area contributed by atoms with Gasteiger partial charge >= 0.3 is 5.97 Å². The van der Waals surface area contributed by atoms with E-state index >= 15 is 0 Å². The normalized spacial score (nSPS) is 11.9. The number of nitrogens with one attached hydrogen (secondary N) is 1. The monoisotopic (exact) mass is 410 g/mol. The Morgan fingerprint density at radius 2 is 2.03 bits per heavy atom. The number of aryl methyl sites for hydroxylation is 1. The molecule has 0 fully saturated rings. The van der Waals surface area contributed by atoms with Gasteiger partial charge in [-0.2, -0.15) is 0 Å². The number of fused-ring (bicyclic) bond motifs is 1. The lowest BCUT2D eigenvalue weighted by Crippen LogP contribution is -2.28. The lowest BCUT2D eigenvalue weighted by molar-refractivity contribution is -0.124. The predicted molar refractivity (Wildman–Crippen MR) is 107 cm³/mol. The zero-order chi connectivity index (χ0) is 20.2. The summed E-state index contributed by atoms with van der Waals surface area (Å²) < 4.78 is 15.7. The van der Waals surface area contributed by atoms with Crippen LogP contribution in [0.1, 0.15) is 21.6 Å². The van der Waals surface area contributed by atoms with Crippen molar-refractivity contribution in [3.8, 4) is 22.1 Å². The zero-order valence-electron chi connectivity index (χ0n) is 15.6. The second-order valence-electron chi connectivity index (χ2n) is 6.35. The molecule has 0 spiro atoms. The lowest BCUT2D eigenvalue weighted by Gasteiger charge is -2.09. The number of carbonyl (C=O) groups is 2. The summed E-state index contributed by atoms with van der Waals surface area (Å²) >= 11 is 1.58. The Bertz CT molecular complexity index is 1050. The molecule has 0 saturated heterocycles. The summed E-state index contributed by atoms with van der Waals surface area (Å²) in [5.41, 5.74) is 2.56. The maximum Gasteiger partial charge on any atom is 0.340 e. The van der Waals surface area contributed by atoms with Gasteiger partial charge in [-0.05, 0) is 48.2 Å². The molecule has 7 nitrogen and oxygen atoms in total. The number of esters is 1. The second-order valence-corrected chi connectivity index (χ2v) is 7.29. The van der Waals surface area contributed by atoms with Crippen molar-refractivity contribution in [2.45, 2.75) is 13.5 Å². The van der Waals surface area contributed by atoms with Crippen molar-refractivity contribution in [2.24, 2.45) is 0 Å². The Hall–Kier alpha value is -3.39. The molecule has 2 aromatic heterocycles. The Morgan fingerprint density at radius 3 is 2.83 bits per heavy atom. The summed E-state index contributed by atoms with van der Waals surface area (Å²) in [4.78, 5) is 29.8. The number of ether oxygens (including phenoxy) is 3. The molecule has 1 N–H and O–H groups in total. The number of nitrogens with zero attached hydrogens (tertiary/aromatic N) is 1. The van der Waals surface area contributed by atoms with Gasteiger partial charge in [0.25, 0.3) is 5.91 Å². The molecule has 0 saturated carbocycles. The molecule has 0 atom stereocenters. The van der Waals surface area contributed by atoms with E-state index in [1.807, 2.05) is 23.6 Å². The van der Waals surface area contributed by atoms with Crippen molar-refractivity contribution in [3.05, 3.63) is 64.7 Å².